The van der Waals surface area contributed by atoms with Gasteiger partial charge in [0.1, 0.15) is 0 Å². The van der Waals surface area contributed by atoms with Crippen LogP contribution in [0.5, 0.6) is 0 Å². The van der Waals surface area contributed by atoms with Gasteiger partial charge >= 0.3 is 0 Å². The van der Waals surface area contributed by atoms with Crippen molar-refractivity contribution in [1.82, 2.24) is 13.6 Å². The average molecular weight is 301 g/mol. The molecule has 1 saturated carbocycles. The number of thiazole rings is 1. The van der Waals surface area contributed by atoms with Gasteiger partial charge in [-0.15, -0.1) is 11.3 Å². The molecule has 0 N–H and O–H groups in total. The lowest BCUT2D eigenvalue weighted by Gasteiger charge is -2.14. The van der Waals surface area contributed by atoms with Crippen molar-refractivity contribution in [3.8, 4) is 0 Å². The molecule has 1 saturated heterocycles. The Hall–Kier alpha value is -0.500. The van der Waals surface area contributed by atoms with Crippen LogP contribution in [0.25, 0.3) is 0 Å². The van der Waals surface area contributed by atoms with Crippen LogP contribution in [0.15, 0.2) is 5.38 Å². The molecule has 0 unspecified atom stereocenters. The second-order valence-corrected chi connectivity index (χ2v) is 8.25. The van der Waals surface area contributed by atoms with Crippen LogP contribution in [-0.4, -0.2) is 42.1 Å². The predicted octanol–water partition coefficient (Wildman–Crippen LogP) is 1.79. The van der Waals surface area contributed by atoms with Crippen molar-refractivity contribution >= 4 is 21.5 Å². The number of hydrogen-bond donors (Lipinski definition) is 0. The van der Waals surface area contributed by atoms with E-state index in [-0.39, 0.29) is 0 Å². The van der Waals surface area contributed by atoms with Gasteiger partial charge in [0.15, 0.2) is 0 Å². The number of aromatic nitrogens is 1. The SMILES string of the molecule is CN1CCN(Cc2csc(C3CCCC3)n2)S1(=O)=O. The number of nitrogens with zero attached hydrogens (tertiary/aromatic N) is 3. The van der Waals surface area contributed by atoms with E-state index in [2.05, 4.69) is 4.98 Å². The standard InChI is InChI=1S/C12H19N3O2S2/c1-14-6-7-15(19(14,16)17)8-11-9-18-12(13-11)10-4-2-3-5-10/h9-10H,2-8H2,1H3. The fourth-order valence-corrected chi connectivity index (χ4v) is 5.07. The molecule has 1 aromatic heterocycles. The molecule has 0 atom stereocenters. The summed E-state index contributed by atoms with van der Waals surface area (Å²) < 4.78 is 26.9. The van der Waals surface area contributed by atoms with Gasteiger partial charge in [-0.25, -0.2) is 4.98 Å². The molecule has 2 fully saturated rings. The number of likely N-dealkylation sites (N-methyl/N-ethyl adjacent to an activating group) is 1. The highest BCUT2D eigenvalue weighted by molar-refractivity contribution is 7.86. The Kier molecular flexibility index (Phi) is 3.63. The summed E-state index contributed by atoms with van der Waals surface area (Å²) in [5, 5.41) is 3.21. The van der Waals surface area contributed by atoms with Crippen LogP contribution in [0.3, 0.4) is 0 Å². The molecule has 0 bridgehead atoms. The zero-order chi connectivity index (χ0) is 13.5. The summed E-state index contributed by atoms with van der Waals surface area (Å²) in [5.41, 5.74) is 0.894. The van der Waals surface area contributed by atoms with E-state index >= 15 is 0 Å². The Balaban J connectivity index is 1.71. The average Bonchev–Trinajstić information content (AvgIpc) is 3.07. The van der Waals surface area contributed by atoms with E-state index in [9.17, 15) is 8.42 Å². The van der Waals surface area contributed by atoms with Crippen LogP contribution in [0.4, 0.5) is 0 Å². The van der Waals surface area contributed by atoms with E-state index in [1.54, 1.807) is 18.4 Å². The molecule has 2 heterocycles. The Labute approximate surface area is 118 Å². The smallest absolute Gasteiger partial charge is 0.245 e. The quantitative estimate of drug-likeness (QED) is 0.855. The molecule has 0 aromatic carbocycles. The summed E-state index contributed by atoms with van der Waals surface area (Å²) in [6, 6.07) is 0. The Morgan fingerprint density at radius 2 is 2.11 bits per heavy atom. The van der Waals surface area contributed by atoms with Crippen LogP contribution in [0, 0.1) is 0 Å². The van der Waals surface area contributed by atoms with Gasteiger partial charge in [-0.2, -0.15) is 17.0 Å². The summed E-state index contributed by atoms with van der Waals surface area (Å²) in [6.07, 6.45) is 5.06. The first-order valence-electron chi connectivity index (χ1n) is 6.73. The van der Waals surface area contributed by atoms with E-state index in [1.165, 1.54) is 39.3 Å². The zero-order valence-corrected chi connectivity index (χ0v) is 12.7. The molecule has 0 spiro atoms. The predicted molar refractivity (Wildman–Crippen MR) is 75.3 cm³/mol. The summed E-state index contributed by atoms with van der Waals surface area (Å²) in [6.45, 7) is 1.55. The lowest BCUT2D eigenvalue weighted by molar-refractivity contribution is 0.440. The maximum absolute atomic E-state index is 12.0. The minimum atomic E-state index is -3.24. The Bertz CT molecular complexity index is 549. The lowest BCUT2D eigenvalue weighted by Crippen LogP contribution is -2.30. The molecule has 3 rings (SSSR count). The van der Waals surface area contributed by atoms with Gasteiger partial charge in [-0.1, -0.05) is 12.8 Å². The highest BCUT2D eigenvalue weighted by Crippen LogP contribution is 2.35. The molecular formula is C12H19N3O2S2. The molecule has 19 heavy (non-hydrogen) atoms. The van der Waals surface area contributed by atoms with Gasteiger partial charge in [0, 0.05) is 31.4 Å². The van der Waals surface area contributed by atoms with E-state index in [4.69, 9.17) is 0 Å². The van der Waals surface area contributed by atoms with Crippen LogP contribution < -0.4 is 0 Å². The Morgan fingerprint density at radius 3 is 2.74 bits per heavy atom. The zero-order valence-electron chi connectivity index (χ0n) is 11.1. The molecule has 0 radical (unpaired) electrons. The van der Waals surface area contributed by atoms with Gasteiger partial charge in [0.25, 0.3) is 10.2 Å². The van der Waals surface area contributed by atoms with Gasteiger partial charge in [0.05, 0.1) is 17.2 Å². The van der Waals surface area contributed by atoms with Crippen molar-refractivity contribution in [1.29, 1.82) is 0 Å². The van der Waals surface area contributed by atoms with Crippen molar-refractivity contribution in [2.24, 2.45) is 0 Å². The monoisotopic (exact) mass is 301 g/mol. The highest BCUT2D eigenvalue weighted by Gasteiger charge is 2.34. The van der Waals surface area contributed by atoms with E-state index in [0.717, 1.165) is 5.69 Å². The maximum atomic E-state index is 12.0. The molecule has 7 heteroatoms. The summed E-state index contributed by atoms with van der Waals surface area (Å²) in [5.74, 6) is 0.608. The first-order valence-corrected chi connectivity index (χ1v) is 9.01. The second kappa shape index (κ2) is 5.12. The fourth-order valence-electron chi connectivity index (χ4n) is 2.78. The summed E-state index contributed by atoms with van der Waals surface area (Å²) >= 11 is 1.68. The molecule has 106 valence electrons. The second-order valence-electron chi connectivity index (χ2n) is 5.32. The van der Waals surface area contributed by atoms with Crippen molar-refractivity contribution in [2.75, 3.05) is 20.1 Å². The van der Waals surface area contributed by atoms with Crippen LogP contribution in [-0.2, 0) is 16.8 Å². The van der Waals surface area contributed by atoms with Crippen LogP contribution >= 0.6 is 11.3 Å². The first kappa shape index (κ1) is 13.5. The van der Waals surface area contributed by atoms with Gasteiger partial charge < -0.3 is 0 Å². The third kappa shape index (κ3) is 2.56. The molecule has 0 amide bonds. The summed E-state index contributed by atoms with van der Waals surface area (Å²) in [4.78, 5) is 4.64. The maximum Gasteiger partial charge on any atom is 0.282 e. The van der Waals surface area contributed by atoms with E-state index in [0.29, 0.717) is 25.6 Å². The van der Waals surface area contributed by atoms with Gasteiger partial charge in [-0.3, -0.25) is 0 Å². The van der Waals surface area contributed by atoms with Crippen molar-refractivity contribution in [3.05, 3.63) is 16.1 Å². The largest absolute Gasteiger partial charge is 0.282 e. The molecule has 5 nitrogen and oxygen atoms in total. The first-order chi connectivity index (χ1) is 9.07. The van der Waals surface area contributed by atoms with Gasteiger partial charge in [-0.05, 0) is 12.8 Å². The van der Waals surface area contributed by atoms with Crippen molar-refractivity contribution in [3.63, 3.8) is 0 Å². The minimum Gasteiger partial charge on any atom is -0.245 e. The number of rotatable bonds is 3. The third-order valence-corrected chi connectivity index (χ3v) is 6.99. The van der Waals surface area contributed by atoms with Crippen molar-refractivity contribution in [2.45, 2.75) is 38.1 Å². The fraction of sp³-hybridized carbons (Fsp3) is 0.750. The van der Waals surface area contributed by atoms with E-state index < -0.39 is 10.2 Å². The molecule has 1 aromatic rings. The normalized spacial score (nSPS) is 25.3. The van der Waals surface area contributed by atoms with Gasteiger partial charge in [0.2, 0.25) is 0 Å². The van der Waals surface area contributed by atoms with Crippen molar-refractivity contribution < 1.29 is 8.42 Å². The molecule has 1 aliphatic heterocycles. The topological polar surface area (TPSA) is 53.5 Å². The Morgan fingerprint density at radius 1 is 1.37 bits per heavy atom. The molecular weight excluding hydrogens is 282 g/mol. The van der Waals surface area contributed by atoms with Crippen LogP contribution in [0.2, 0.25) is 0 Å². The molecule has 2 aliphatic rings. The molecule has 1 aliphatic carbocycles. The lowest BCUT2D eigenvalue weighted by atomic mass is 10.1. The minimum absolute atomic E-state index is 0.413. The summed E-state index contributed by atoms with van der Waals surface area (Å²) in [7, 11) is -1.62. The van der Waals surface area contributed by atoms with E-state index in [1.807, 2.05) is 5.38 Å². The third-order valence-electron chi connectivity index (χ3n) is 4.00. The highest BCUT2D eigenvalue weighted by atomic mass is 32.2. The van der Waals surface area contributed by atoms with Crippen LogP contribution in [0.1, 0.15) is 42.3 Å². The number of hydrogen-bond acceptors (Lipinski definition) is 4.